The first-order chi connectivity index (χ1) is 12.8. The molecule has 3 aliphatic rings. The van der Waals surface area contributed by atoms with E-state index in [-0.39, 0.29) is 6.04 Å². The van der Waals surface area contributed by atoms with Gasteiger partial charge in [0.05, 0.1) is 0 Å². The number of aryl methyl sites for hydroxylation is 1. The van der Waals surface area contributed by atoms with Gasteiger partial charge < -0.3 is 0 Å². The quantitative estimate of drug-likeness (QED) is 0.718. The first kappa shape index (κ1) is 15.3. The molecule has 1 aromatic heterocycles. The number of hydrogen-bond acceptors (Lipinski definition) is 0. The third-order valence-electron chi connectivity index (χ3n) is 5.56. The van der Waals surface area contributed by atoms with Gasteiger partial charge in [-0.2, -0.15) is 0 Å². The molecule has 0 spiro atoms. The fraction of sp³-hybridized carbons (Fsp3) is 0.167. The van der Waals surface area contributed by atoms with Gasteiger partial charge >= 0.3 is 6.34 Å². The Morgan fingerprint density at radius 1 is 0.962 bits per heavy atom. The fourth-order valence-electron chi connectivity index (χ4n) is 4.26. The standard InChI is InChI=1S/C24H22N2/c1-18-9-2-4-12-20(18)24-23-14-6-7-16-25(23)17-26(24)22-15-8-11-19-10-3-5-13-21(19)22/h2-10,12,14-17,24H,11,13H2,1H3/q+2. The Morgan fingerprint density at radius 3 is 2.77 bits per heavy atom. The molecule has 1 unspecified atom stereocenters. The van der Waals surface area contributed by atoms with E-state index < -0.39 is 0 Å². The van der Waals surface area contributed by atoms with E-state index in [0.29, 0.717) is 0 Å². The van der Waals surface area contributed by atoms with Crippen molar-refractivity contribution in [3.05, 3.63) is 113 Å². The summed E-state index contributed by atoms with van der Waals surface area (Å²) in [6.45, 7) is 2.21. The summed E-state index contributed by atoms with van der Waals surface area (Å²) in [7, 11) is 0. The third-order valence-corrected chi connectivity index (χ3v) is 5.56. The molecule has 1 aromatic carbocycles. The summed E-state index contributed by atoms with van der Waals surface area (Å²) in [5, 5.41) is 0. The number of benzene rings is 1. The minimum atomic E-state index is 0.204. The van der Waals surface area contributed by atoms with Gasteiger partial charge in [0.25, 0.3) is 11.7 Å². The summed E-state index contributed by atoms with van der Waals surface area (Å²) >= 11 is 0. The Labute approximate surface area is 154 Å². The summed E-state index contributed by atoms with van der Waals surface area (Å²) in [6.07, 6.45) is 17.8. The smallest absolute Gasteiger partial charge is 0.124 e. The van der Waals surface area contributed by atoms with Gasteiger partial charge in [0.15, 0.2) is 6.20 Å². The van der Waals surface area contributed by atoms with Crippen LogP contribution in [0.3, 0.4) is 0 Å². The van der Waals surface area contributed by atoms with Gasteiger partial charge in [-0.3, -0.25) is 0 Å². The molecule has 1 aliphatic heterocycles. The van der Waals surface area contributed by atoms with Crippen molar-refractivity contribution in [3.8, 4) is 0 Å². The molecule has 2 aliphatic carbocycles. The average Bonchev–Trinajstić information content (AvgIpc) is 3.07. The number of allylic oxidation sites excluding steroid dienone is 7. The number of hydrogen-bond donors (Lipinski definition) is 0. The summed E-state index contributed by atoms with van der Waals surface area (Å²) in [5.41, 5.74) is 8.23. The molecule has 1 atom stereocenters. The molecule has 0 saturated carbocycles. The van der Waals surface area contributed by atoms with Crippen LogP contribution in [0.1, 0.15) is 35.7 Å². The normalized spacial score (nSPS) is 20.6. The van der Waals surface area contributed by atoms with Crippen LogP contribution >= 0.6 is 0 Å². The summed E-state index contributed by atoms with van der Waals surface area (Å²) < 4.78 is 4.71. The van der Waals surface area contributed by atoms with Crippen molar-refractivity contribution in [2.24, 2.45) is 0 Å². The average molecular weight is 338 g/mol. The van der Waals surface area contributed by atoms with Crippen molar-refractivity contribution in [2.45, 2.75) is 25.8 Å². The third kappa shape index (κ3) is 2.33. The highest BCUT2D eigenvalue weighted by Gasteiger charge is 2.44. The summed E-state index contributed by atoms with van der Waals surface area (Å²) in [4.78, 5) is 0. The maximum Gasteiger partial charge on any atom is 0.414 e. The SMILES string of the molecule is Cc1ccccc1C1c2cccc[n+]2C=[N+]1C1=C2CC=CC=C2CC=C1. The molecule has 2 nitrogen and oxygen atoms in total. The first-order valence-corrected chi connectivity index (χ1v) is 9.27. The van der Waals surface area contributed by atoms with Gasteiger partial charge in [0, 0.05) is 29.3 Å². The van der Waals surface area contributed by atoms with Crippen LogP contribution in [0, 0.1) is 6.92 Å². The zero-order chi connectivity index (χ0) is 17.5. The van der Waals surface area contributed by atoms with E-state index in [4.69, 9.17) is 0 Å². The number of fused-ring (bicyclic) bond motifs is 2. The Morgan fingerprint density at radius 2 is 1.85 bits per heavy atom. The van der Waals surface area contributed by atoms with Crippen LogP contribution in [-0.2, 0) is 0 Å². The van der Waals surface area contributed by atoms with Crippen LogP contribution < -0.4 is 4.57 Å². The van der Waals surface area contributed by atoms with E-state index in [1.807, 2.05) is 0 Å². The van der Waals surface area contributed by atoms with Gasteiger partial charge in [-0.05, 0) is 37.0 Å². The molecule has 2 heteroatoms. The Kier molecular flexibility index (Phi) is 3.56. The largest absolute Gasteiger partial charge is 0.414 e. The van der Waals surface area contributed by atoms with E-state index in [1.165, 1.54) is 33.7 Å². The molecule has 0 radical (unpaired) electrons. The predicted octanol–water partition coefficient (Wildman–Crippen LogP) is 4.37. The van der Waals surface area contributed by atoms with Crippen molar-refractivity contribution < 1.29 is 9.14 Å². The van der Waals surface area contributed by atoms with E-state index in [9.17, 15) is 0 Å². The van der Waals surface area contributed by atoms with Crippen molar-refractivity contribution in [1.82, 2.24) is 0 Å². The number of rotatable bonds is 2. The minimum Gasteiger partial charge on any atom is -0.124 e. The van der Waals surface area contributed by atoms with Crippen molar-refractivity contribution >= 4 is 6.34 Å². The van der Waals surface area contributed by atoms with Crippen LogP contribution in [0.4, 0.5) is 0 Å². The Bertz CT molecular complexity index is 1050. The molecule has 0 bridgehead atoms. The Hall–Kier alpha value is -3.00. The molecule has 0 saturated heterocycles. The van der Waals surface area contributed by atoms with E-state index in [1.54, 1.807) is 0 Å². The number of pyridine rings is 1. The molecule has 2 aromatic rings. The molecule has 0 fully saturated rings. The second-order valence-corrected chi connectivity index (χ2v) is 7.11. The van der Waals surface area contributed by atoms with Gasteiger partial charge in [-0.15, -0.1) is 9.14 Å². The van der Waals surface area contributed by atoms with Crippen LogP contribution in [0.5, 0.6) is 0 Å². The first-order valence-electron chi connectivity index (χ1n) is 9.27. The second-order valence-electron chi connectivity index (χ2n) is 7.11. The van der Waals surface area contributed by atoms with Gasteiger partial charge in [-0.1, -0.05) is 48.6 Å². The van der Waals surface area contributed by atoms with E-state index >= 15 is 0 Å². The highest BCUT2D eigenvalue weighted by molar-refractivity contribution is 5.51. The van der Waals surface area contributed by atoms with Crippen LogP contribution in [0.15, 0.2) is 95.9 Å². The monoisotopic (exact) mass is 338 g/mol. The zero-order valence-electron chi connectivity index (χ0n) is 15.0. The lowest BCUT2D eigenvalue weighted by atomic mass is 9.89. The lowest BCUT2D eigenvalue weighted by Crippen LogP contribution is -2.34. The molecule has 0 amide bonds. The molecule has 26 heavy (non-hydrogen) atoms. The second kappa shape index (κ2) is 6.06. The topological polar surface area (TPSA) is 6.89 Å². The maximum absolute atomic E-state index is 2.45. The zero-order valence-corrected chi connectivity index (χ0v) is 15.0. The van der Waals surface area contributed by atoms with Crippen molar-refractivity contribution in [2.75, 3.05) is 0 Å². The summed E-state index contributed by atoms with van der Waals surface area (Å²) in [6, 6.07) is 15.4. The fourth-order valence-corrected chi connectivity index (χ4v) is 4.26. The molecular formula is C24H22N2+2. The van der Waals surface area contributed by atoms with E-state index in [0.717, 1.165) is 12.8 Å². The predicted molar refractivity (Wildman–Crippen MR) is 104 cm³/mol. The molecule has 5 rings (SSSR count). The van der Waals surface area contributed by atoms with Crippen LogP contribution in [0.25, 0.3) is 0 Å². The lowest BCUT2D eigenvalue weighted by Gasteiger charge is -2.18. The molecule has 2 heterocycles. The minimum absolute atomic E-state index is 0.204. The van der Waals surface area contributed by atoms with Gasteiger partial charge in [0.2, 0.25) is 5.70 Å². The van der Waals surface area contributed by atoms with Crippen molar-refractivity contribution in [3.63, 3.8) is 0 Å². The highest BCUT2D eigenvalue weighted by Crippen LogP contribution is 2.36. The van der Waals surface area contributed by atoms with Crippen LogP contribution in [0.2, 0.25) is 0 Å². The highest BCUT2D eigenvalue weighted by atomic mass is 15.2. The number of nitrogens with zero attached hydrogens (tertiary/aromatic N) is 2. The lowest BCUT2D eigenvalue weighted by molar-refractivity contribution is -0.570. The molecular weight excluding hydrogens is 316 g/mol. The van der Waals surface area contributed by atoms with Gasteiger partial charge in [0.1, 0.15) is 0 Å². The summed E-state index contributed by atoms with van der Waals surface area (Å²) in [5.74, 6) is 0. The Balaban J connectivity index is 1.72. The number of aromatic nitrogens is 1. The molecule has 0 N–H and O–H groups in total. The van der Waals surface area contributed by atoms with Gasteiger partial charge in [-0.25, -0.2) is 0 Å². The van der Waals surface area contributed by atoms with Crippen molar-refractivity contribution in [1.29, 1.82) is 0 Å². The molecule has 126 valence electrons. The van der Waals surface area contributed by atoms with E-state index in [2.05, 4.69) is 101 Å². The maximum atomic E-state index is 2.45. The van der Waals surface area contributed by atoms with Crippen LogP contribution in [-0.4, -0.2) is 10.9 Å².